The number of hydrogen-bond donors (Lipinski definition) is 1. The van der Waals surface area contributed by atoms with Crippen molar-refractivity contribution in [2.75, 3.05) is 19.6 Å². The third-order valence-electron chi connectivity index (χ3n) is 4.10. The first-order valence-electron chi connectivity index (χ1n) is 7.50. The lowest BCUT2D eigenvalue weighted by molar-refractivity contribution is -0.0410. The van der Waals surface area contributed by atoms with E-state index in [1.54, 1.807) is 0 Å². The molecule has 1 aromatic carbocycles. The van der Waals surface area contributed by atoms with E-state index in [4.69, 9.17) is 4.74 Å². The van der Waals surface area contributed by atoms with Crippen molar-refractivity contribution in [2.45, 2.75) is 45.1 Å². The summed E-state index contributed by atoms with van der Waals surface area (Å²) in [5, 5.41) is 3.39. The van der Waals surface area contributed by atoms with E-state index in [-0.39, 0.29) is 0 Å². The number of ether oxygens (including phenoxy) is 1. The third kappa shape index (κ3) is 3.35. The molecule has 0 aliphatic carbocycles. The van der Waals surface area contributed by atoms with Gasteiger partial charge in [-0.25, -0.2) is 0 Å². The fourth-order valence-electron chi connectivity index (χ4n) is 3.19. The molecule has 19 heavy (non-hydrogen) atoms. The van der Waals surface area contributed by atoms with Gasteiger partial charge in [0.1, 0.15) is 0 Å². The van der Waals surface area contributed by atoms with Crippen molar-refractivity contribution in [2.24, 2.45) is 0 Å². The molecular formula is C16H24N2O. The molecule has 1 N–H and O–H groups in total. The monoisotopic (exact) mass is 260 g/mol. The molecule has 1 aromatic rings. The van der Waals surface area contributed by atoms with Gasteiger partial charge in [0.15, 0.2) is 0 Å². The molecule has 3 nitrogen and oxygen atoms in total. The van der Waals surface area contributed by atoms with Crippen LogP contribution in [0.2, 0.25) is 0 Å². The molecule has 3 rings (SSSR count). The van der Waals surface area contributed by atoms with Gasteiger partial charge in [-0.1, -0.05) is 31.2 Å². The second-order valence-corrected chi connectivity index (χ2v) is 5.75. The number of benzene rings is 1. The summed E-state index contributed by atoms with van der Waals surface area (Å²) >= 11 is 0. The number of rotatable bonds is 5. The molecule has 104 valence electrons. The van der Waals surface area contributed by atoms with Crippen LogP contribution in [0.25, 0.3) is 0 Å². The van der Waals surface area contributed by atoms with Gasteiger partial charge in [-0.05, 0) is 30.5 Å². The van der Waals surface area contributed by atoms with Crippen molar-refractivity contribution in [1.82, 2.24) is 10.2 Å². The normalized spacial score (nSPS) is 26.8. The predicted octanol–water partition coefficient (Wildman–Crippen LogP) is 2.16. The summed E-state index contributed by atoms with van der Waals surface area (Å²) in [4.78, 5) is 2.55. The van der Waals surface area contributed by atoms with Crippen LogP contribution in [-0.4, -0.2) is 36.7 Å². The SMILES string of the molecule is CCNCc1cccc(CN2CC3CCC(C2)O3)c1. The van der Waals surface area contributed by atoms with Crippen LogP contribution >= 0.6 is 0 Å². The van der Waals surface area contributed by atoms with Crippen molar-refractivity contribution in [3.8, 4) is 0 Å². The van der Waals surface area contributed by atoms with Crippen molar-refractivity contribution in [1.29, 1.82) is 0 Å². The van der Waals surface area contributed by atoms with Gasteiger partial charge in [0.25, 0.3) is 0 Å². The van der Waals surface area contributed by atoms with E-state index in [1.807, 2.05) is 0 Å². The standard InChI is InChI=1S/C16H24N2O/c1-2-17-9-13-4-3-5-14(8-13)10-18-11-15-6-7-16(12-18)19-15/h3-5,8,15-17H,2,6-7,9-12H2,1H3. The lowest BCUT2D eigenvalue weighted by atomic mass is 10.1. The van der Waals surface area contributed by atoms with E-state index < -0.39 is 0 Å². The molecule has 2 aliphatic rings. The van der Waals surface area contributed by atoms with Gasteiger partial charge in [-0.15, -0.1) is 0 Å². The highest BCUT2D eigenvalue weighted by Crippen LogP contribution is 2.27. The Labute approximate surface area is 115 Å². The molecule has 0 spiro atoms. The van der Waals surface area contributed by atoms with Crippen molar-refractivity contribution in [3.63, 3.8) is 0 Å². The van der Waals surface area contributed by atoms with Crippen LogP contribution in [0.3, 0.4) is 0 Å². The molecule has 2 fully saturated rings. The second kappa shape index (κ2) is 6.04. The fourth-order valence-corrected chi connectivity index (χ4v) is 3.19. The minimum atomic E-state index is 0.490. The molecule has 0 aromatic heterocycles. The van der Waals surface area contributed by atoms with E-state index in [9.17, 15) is 0 Å². The summed E-state index contributed by atoms with van der Waals surface area (Å²) in [6.07, 6.45) is 3.48. The van der Waals surface area contributed by atoms with Gasteiger partial charge in [0, 0.05) is 26.2 Å². The van der Waals surface area contributed by atoms with Crippen LogP contribution in [0, 0.1) is 0 Å². The minimum Gasteiger partial charge on any atom is -0.372 e. The van der Waals surface area contributed by atoms with Gasteiger partial charge < -0.3 is 10.1 Å². The average Bonchev–Trinajstić information content (AvgIpc) is 2.76. The van der Waals surface area contributed by atoms with Crippen LogP contribution in [0.5, 0.6) is 0 Å². The smallest absolute Gasteiger partial charge is 0.0707 e. The van der Waals surface area contributed by atoms with Crippen LogP contribution in [0.1, 0.15) is 30.9 Å². The molecule has 2 unspecified atom stereocenters. The summed E-state index contributed by atoms with van der Waals surface area (Å²) in [5.41, 5.74) is 2.81. The van der Waals surface area contributed by atoms with Gasteiger partial charge in [0.05, 0.1) is 12.2 Å². The number of morpholine rings is 1. The maximum atomic E-state index is 5.89. The summed E-state index contributed by atoms with van der Waals surface area (Å²) in [6.45, 7) is 7.42. The summed E-state index contributed by atoms with van der Waals surface area (Å²) in [5.74, 6) is 0. The largest absolute Gasteiger partial charge is 0.372 e. The summed E-state index contributed by atoms with van der Waals surface area (Å²) in [6, 6.07) is 8.96. The van der Waals surface area contributed by atoms with Crippen molar-refractivity contribution < 1.29 is 4.74 Å². The summed E-state index contributed by atoms with van der Waals surface area (Å²) in [7, 11) is 0. The molecule has 0 radical (unpaired) electrons. The van der Waals surface area contributed by atoms with Crippen LogP contribution in [0.15, 0.2) is 24.3 Å². The second-order valence-electron chi connectivity index (χ2n) is 5.75. The van der Waals surface area contributed by atoms with Gasteiger partial charge in [-0.2, -0.15) is 0 Å². The lowest BCUT2D eigenvalue weighted by Gasteiger charge is -2.32. The van der Waals surface area contributed by atoms with Crippen LogP contribution in [-0.2, 0) is 17.8 Å². The molecule has 3 heteroatoms. The zero-order chi connectivity index (χ0) is 13.1. The highest BCUT2D eigenvalue weighted by molar-refractivity contribution is 5.23. The molecule has 0 amide bonds. The van der Waals surface area contributed by atoms with Crippen molar-refractivity contribution >= 4 is 0 Å². The molecule has 2 saturated heterocycles. The highest BCUT2D eigenvalue weighted by Gasteiger charge is 2.33. The molecular weight excluding hydrogens is 236 g/mol. The van der Waals surface area contributed by atoms with Crippen LogP contribution < -0.4 is 5.32 Å². The topological polar surface area (TPSA) is 24.5 Å². The zero-order valence-electron chi connectivity index (χ0n) is 11.8. The molecule has 2 aliphatic heterocycles. The highest BCUT2D eigenvalue weighted by atomic mass is 16.5. The maximum Gasteiger partial charge on any atom is 0.0707 e. The maximum absolute atomic E-state index is 5.89. The van der Waals surface area contributed by atoms with E-state index in [1.165, 1.54) is 24.0 Å². The average molecular weight is 260 g/mol. The summed E-state index contributed by atoms with van der Waals surface area (Å²) < 4.78 is 5.89. The Hall–Kier alpha value is -0.900. The Morgan fingerprint density at radius 1 is 1.21 bits per heavy atom. The first kappa shape index (κ1) is 13.1. The number of fused-ring (bicyclic) bond motifs is 2. The first-order valence-corrected chi connectivity index (χ1v) is 7.50. The van der Waals surface area contributed by atoms with E-state index >= 15 is 0 Å². The minimum absolute atomic E-state index is 0.490. The van der Waals surface area contributed by atoms with Gasteiger partial charge in [0.2, 0.25) is 0 Å². The van der Waals surface area contributed by atoms with E-state index in [0.717, 1.165) is 32.7 Å². The molecule has 2 heterocycles. The quantitative estimate of drug-likeness (QED) is 0.878. The Balaban J connectivity index is 1.60. The number of nitrogens with one attached hydrogen (secondary N) is 1. The van der Waals surface area contributed by atoms with Crippen molar-refractivity contribution in [3.05, 3.63) is 35.4 Å². The third-order valence-corrected chi connectivity index (χ3v) is 4.10. The zero-order valence-corrected chi connectivity index (χ0v) is 11.8. The van der Waals surface area contributed by atoms with Crippen LogP contribution in [0.4, 0.5) is 0 Å². The molecule has 0 saturated carbocycles. The fraction of sp³-hybridized carbons (Fsp3) is 0.625. The Morgan fingerprint density at radius 3 is 2.68 bits per heavy atom. The van der Waals surface area contributed by atoms with E-state index in [0.29, 0.717) is 12.2 Å². The number of nitrogens with zero attached hydrogens (tertiary/aromatic N) is 1. The Kier molecular flexibility index (Phi) is 4.16. The molecule has 2 bridgehead atoms. The van der Waals surface area contributed by atoms with Gasteiger partial charge >= 0.3 is 0 Å². The Bertz CT molecular complexity index is 409. The first-order chi connectivity index (χ1) is 9.33. The predicted molar refractivity (Wildman–Crippen MR) is 77.0 cm³/mol. The number of likely N-dealkylation sites (tertiary alicyclic amines) is 1. The number of hydrogen-bond acceptors (Lipinski definition) is 3. The Morgan fingerprint density at radius 2 is 1.95 bits per heavy atom. The molecule has 2 atom stereocenters. The van der Waals surface area contributed by atoms with Gasteiger partial charge in [-0.3, -0.25) is 4.90 Å². The van der Waals surface area contributed by atoms with E-state index in [2.05, 4.69) is 41.4 Å². The lowest BCUT2D eigenvalue weighted by Crippen LogP contribution is -2.41.